The molecule has 1 heterocycles. The second-order valence-electron chi connectivity index (χ2n) is 10.9. The van der Waals surface area contributed by atoms with E-state index in [1.54, 1.807) is 20.8 Å². The third-order valence-corrected chi connectivity index (χ3v) is 6.84. The molecule has 1 aliphatic rings. The summed E-state index contributed by atoms with van der Waals surface area (Å²) in [6.07, 6.45) is 2.88. The molecule has 3 atom stereocenters. The number of aliphatic carboxylic acids is 1. The molecular weight excluding hydrogens is 498 g/mol. The molecular formula is C29H43N5O5. The highest BCUT2D eigenvalue weighted by Gasteiger charge is 2.36. The molecule has 0 aliphatic carbocycles. The lowest BCUT2D eigenvalue weighted by Gasteiger charge is -2.34. The van der Waals surface area contributed by atoms with Crippen LogP contribution >= 0.6 is 0 Å². The number of carboxylic acids is 1. The maximum absolute atomic E-state index is 13.5. The average Bonchev–Trinajstić information content (AvgIpc) is 2.89. The summed E-state index contributed by atoms with van der Waals surface area (Å²) in [6.45, 7) is 14.9. The lowest BCUT2D eigenvalue weighted by atomic mass is 9.82. The highest BCUT2D eigenvalue weighted by Crippen LogP contribution is 2.27. The lowest BCUT2D eigenvalue weighted by molar-refractivity contribution is -0.148. The Morgan fingerprint density at radius 1 is 1.18 bits per heavy atom. The van der Waals surface area contributed by atoms with Crippen LogP contribution in [0.5, 0.6) is 0 Å². The second kappa shape index (κ2) is 13.4. The molecule has 0 radical (unpaired) electrons. The van der Waals surface area contributed by atoms with Gasteiger partial charge in [0.25, 0.3) is 5.91 Å². The molecule has 0 spiro atoms. The van der Waals surface area contributed by atoms with Crippen molar-refractivity contribution in [2.75, 3.05) is 13.6 Å². The van der Waals surface area contributed by atoms with E-state index in [0.717, 1.165) is 22.4 Å². The van der Waals surface area contributed by atoms with E-state index in [4.69, 9.17) is 0 Å². The van der Waals surface area contributed by atoms with E-state index in [-0.39, 0.29) is 11.8 Å². The summed E-state index contributed by atoms with van der Waals surface area (Å²) in [5.74, 6) is -2.54. The molecule has 0 bridgehead atoms. The van der Waals surface area contributed by atoms with Crippen LogP contribution in [0.3, 0.4) is 0 Å². The molecule has 10 heteroatoms. The normalized spacial score (nSPS) is 17.7. The van der Waals surface area contributed by atoms with Crippen LogP contribution in [0, 0.1) is 5.92 Å². The number of carbonyl (C=O) groups is 4. The van der Waals surface area contributed by atoms with E-state index in [1.807, 2.05) is 58.2 Å². The Morgan fingerprint density at radius 3 is 2.41 bits per heavy atom. The third kappa shape index (κ3) is 8.16. The predicted molar refractivity (Wildman–Crippen MR) is 151 cm³/mol. The van der Waals surface area contributed by atoms with Crippen molar-refractivity contribution in [2.45, 2.75) is 77.9 Å². The molecule has 1 saturated heterocycles. The molecule has 0 aromatic heterocycles. The minimum Gasteiger partial charge on any atom is -0.480 e. The molecule has 1 aromatic carbocycles. The van der Waals surface area contributed by atoms with Crippen molar-refractivity contribution < 1.29 is 24.3 Å². The van der Waals surface area contributed by atoms with Crippen LogP contribution in [-0.2, 0) is 24.6 Å². The first-order valence-electron chi connectivity index (χ1n) is 13.3. The van der Waals surface area contributed by atoms with Crippen LogP contribution in [0.1, 0.15) is 65.5 Å². The van der Waals surface area contributed by atoms with Gasteiger partial charge in [0.1, 0.15) is 18.1 Å². The summed E-state index contributed by atoms with van der Waals surface area (Å²) in [6, 6.07) is 4.99. The Kier molecular flexibility index (Phi) is 10.9. The Bertz CT molecular complexity index is 1130. The van der Waals surface area contributed by atoms with Gasteiger partial charge in [-0.15, -0.1) is 0 Å². The largest absolute Gasteiger partial charge is 0.480 e. The smallest absolute Gasteiger partial charge is 0.322 e. The van der Waals surface area contributed by atoms with Crippen molar-refractivity contribution in [1.82, 2.24) is 26.4 Å². The van der Waals surface area contributed by atoms with Crippen molar-refractivity contribution in [2.24, 2.45) is 5.92 Å². The number of nitrogens with one attached hydrogen (secondary N) is 4. The van der Waals surface area contributed by atoms with E-state index >= 15 is 0 Å². The van der Waals surface area contributed by atoms with E-state index < -0.39 is 41.3 Å². The monoisotopic (exact) mass is 541 g/mol. The Balaban J connectivity index is 2.16. The van der Waals surface area contributed by atoms with Crippen LogP contribution in [0.4, 0.5) is 0 Å². The number of benzene rings is 1. The number of rotatable bonds is 11. The van der Waals surface area contributed by atoms with Gasteiger partial charge in [-0.3, -0.25) is 24.2 Å². The Hall–Kier alpha value is -3.66. The van der Waals surface area contributed by atoms with Gasteiger partial charge in [0.05, 0.1) is 5.41 Å². The fourth-order valence-electron chi connectivity index (χ4n) is 4.33. The van der Waals surface area contributed by atoms with Crippen molar-refractivity contribution in [1.29, 1.82) is 0 Å². The molecule has 2 rings (SSSR count). The van der Waals surface area contributed by atoms with Gasteiger partial charge in [0, 0.05) is 19.3 Å². The molecule has 1 aromatic rings. The van der Waals surface area contributed by atoms with E-state index in [1.165, 1.54) is 5.01 Å². The summed E-state index contributed by atoms with van der Waals surface area (Å²) < 4.78 is 0. The second-order valence-corrected chi connectivity index (χ2v) is 10.9. The zero-order valence-electron chi connectivity index (χ0n) is 24.1. The standard InChI is InChI=1S/C29H43N5O5/c1-17(2)15-23(30-8)20-11-9-12-21(16-20)29(6,7)28(39)32-24(18(3)4)25(35)31-19(5)26(36)34-14-10-13-22(33-34)27(37)38/h9,11-12,15-16,18-19,22,24,30,33H,1,10,13-14H2,2-8H3,(H,31,35)(H,32,39)(H,37,38)/b23-15-/t19-,22-,24-/m0/s1. The molecule has 5 N–H and O–H groups in total. The van der Waals surface area contributed by atoms with E-state index in [0.29, 0.717) is 19.4 Å². The average molecular weight is 542 g/mol. The summed E-state index contributed by atoms with van der Waals surface area (Å²) in [7, 11) is 1.82. The molecule has 0 unspecified atom stereocenters. The highest BCUT2D eigenvalue weighted by atomic mass is 16.4. The van der Waals surface area contributed by atoms with Crippen molar-refractivity contribution in [3.63, 3.8) is 0 Å². The van der Waals surface area contributed by atoms with Gasteiger partial charge in [0.2, 0.25) is 11.8 Å². The van der Waals surface area contributed by atoms with Gasteiger partial charge in [-0.2, -0.15) is 0 Å². The van der Waals surface area contributed by atoms with Crippen LogP contribution in [0.25, 0.3) is 5.70 Å². The van der Waals surface area contributed by atoms with Crippen molar-refractivity contribution in [3.8, 4) is 0 Å². The summed E-state index contributed by atoms with van der Waals surface area (Å²) >= 11 is 0. The first-order chi connectivity index (χ1) is 18.2. The van der Waals surface area contributed by atoms with Gasteiger partial charge in [-0.05, 0) is 69.7 Å². The van der Waals surface area contributed by atoms with Crippen molar-refractivity contribution >= 4 is 29.4 Å². The minimum atomic E-state index is -1.03. The molecule has 214 valence electrons. The van der Waals surface area contributed by atoms with Crippen LogP contribution < -0.4 is 21.4 Å². The molecule has 39 heavy (non-hydrogen) atoms. The maximum Gasteiger partial charge on any atom is 0.322 e. The number of hydrazine groups is 1. The number of hydrogen-bond acceptors (Lipinski definition) is 6. The third-order valence-electron chi connectivity index (χ3n) is 6.84. The molecule has 3 amide bonds. The van der Waals surface area contributed by atoms with Gasteiger partial charge in [-0.25, -0.2) is 5.43 Å². The van der Waals surface area contributed by atoms with Gasteiger partial charge < -0.3 is 21.1 Å². The van der Waals surface area contributed by atoms with Crippen LogP contribution in [0.2, 0.25) is 0 Å². The number of carboxylic acid groups (broad SMARTS) is 1. The molecule has 0 saturated carbocycles. The highest BCUT2D eigenvalue weighted by molar-refractivity contribution is 5.95. The number of hydrogen-bond donors (Lipinski definition) is 5. The maximum atomic E-state index is 13.5. The molecule has 10 nitrogen and oxygen atoms in total. The minimum absolute atomic E-state index is 0.253. The molecule has 1 aliphatic heterocycles. The lowest BCUT2D eigenvalue weighted by Crippen LogP contribution is -2.61. The quantitative estimate of drug-likeness (QED) is 0.271. The Morgan fingerprint density at radius 2 is 1.85 bits per heavy atom. The number of carbonyl (C=O) groups excluding carboxylic acids is 3. The van der Waals surface area contributed by atoms with E-state index in [2.05, 4.69) is 28.0 Å². The zero-order chi connectivity index (χ0) is 29.5. The van der Waals surface area contributed by atoms with Crippen LogP contribution in [0.15, 0.2) is 42.5 Å². The first-order valence-corrected chi connectivity index (χ1v) is 13.3. The summed E-state index contributed by atoms with van der Waals surface area (Å²) in [5.41, 5.74) is 5.18. The Labute approximate surface area is 231 Å². The summed E-state index contributed by atoms with van der Waals surface area (Å²) in [5, 5.41) is 19.2. The fourth-order valence-corrected chi connectivity index (χ4v) is 4.33. The fraction of sp³-hybridized carbons (Fsp3) is 0.517. The SMILES string of the molecule is C=C(C)/C=C(\NC)c1cccc(C(C)(C)C(=O)N[C@H](C(=O)N[C@@H](C)C(=O)N2CCC[C@@H](C(=O)O)N2)C(C)C)c1. The number of nitrogens with zero attached hydrogens (tertiary/aromatic N) is 1. The van der Waals surface area contributed by atoms with Gasteiger partial charge in [0.15, 0.2) is 0 Å². The zero-order valence-corrected chi connectivity index (χ0v) is 24.1. The number of amides is 3. The van der Waals surface area contributed by atoms with Crippen LogP contribution in [-0.4, -0.2) is 65.5 Å². The number of allylic oxidation sites excluding steroid dienone is 2. The topological polar surface area (TPSA) is 140 Å². The van der Waals surface area contributed by atoms with Gasteiger partial charge >= 0.3 is 5.97 Å². The first kappa shape index (κ1) is 31.6. The molecule has 1 fully saturated rings. The predicted octanol–water partition coefficient (Wildman–Crippen LogP) is 2.33. The van der Waals surface area contributed by atoms with Gasteiger partial charge in [-0.1, -0.05) is 44.2 Å². The van der Waals surface area contributed by atoms with Crippen molar-refractivity contribution in [3.05, 3.63) is 53.6 Å². The van der Waals surface area contributed by atoms with E-state index in [9.17, 15) is 24.3 Å². The summed E-state index contributed by atoms with van der Waals surface area (Å²) in [4.78, 5) is 50.9.